The van der Waals surface area contributed by atoms with Gasteiger partial charge in [0.15, 0.2) is 0 Å². The maximum Gasteiger partial charge on any atom is 0.302 e. The topological polar surface area (TPSA) is 145 Å². The number of oxazole rings is 1. The number of hydrogen-bond acceptors (Lipinski definition) is 9. The maximum absolute atomic E-state index is 12.6. The van der Waals surface area contributed by atoms with Crippen molar-refractivity contribution >= 4 is 23.4 Å². The first-order valence-electron chi connectivity index (χ1n) is 11.2. The fourth-order valence-corrected chi connectivity index (χ4v) is 4.07. The van der Waals surface area contributed by atoms with E-state index in [-0.39, 0.29) is 17.8 Å². The summed E-state index contributed by atoms with van der Waals surface area (Å²) in [7, 11) is 0. The number of rotatable bonds is 7. The molecular formula is C23H26N8O3. The number of nitrogens with one attached hydrogen (secondary N) is 2. The summed E-state index contributed by atoms with van der Waals surface area (Å²) in [6, 6.07) is 4.19. The summed E-state index contributed by atoms with van der Waals surface area (Å²) in [4.78, 5) is 29.4. The Bertz CT molecular complexity index is 1320. The number of aryl methyl sites for hydroxylation is 1. The number of ether oxygens (including phenoxy) is 1. The number of imidazole rings is 1. The van der Waals surface area contributed by atoms with Crippen LogP contribution in [0.4, 0.5) is 11.8 Å². The van der Waals surface area contributed by atoms with E-state index in [9.17, 15) is 4.79 Å². The zero-order chi connectivity index (χ0) is 23.7. The van der Waals surface area contributed by atoms with E-state index in [1.54, 1.807) is 0 Å². The molecule has 2 unspecified atom stereocenters. The number of anilines is 2. The number of hydrogen-bond donors (Lipinski definition) is 3. The molecule has 4 N–H and O–H groups in total. The van der Waals surface area contributed by atoms with E-state index in [1.165, 1.54) is 18.6 Å². The number of fused-ring (bicyclic) bond motifs is 1. The standard InChI is InChI=1S/C23H26N8O3/c1-13-21(24)28-19-4-3-15(12-31(13)19)20-18(5-7-26-16-6-10-33-14(16)2)34-23(29-20)30-22(32)17-11-25-8-9-27-17/h3-4,8-9,11-12,14,16,26H,5-7,10,24H2,1-2H3,(H,29,30,32). The monoisotopic (exact) mass is 462 g/mol. The predicted octanol–water partition coefficient (Wildman–Crippen LogP) is 2.23. The van der Waals surface area contributed by atoms with Crippen molar-refractivity contribution in [1.29, 1.82) is 0 Å². The number of amides is 1. The summed E-state index contributed by atoms with van der Waals surface area (Å²) in [6.45, 7) is 5.42. The summed E-state index contributed by atoms with van der Waals surface area (Å²) >= 11 is 0. The molecule has 0 spiro atoms. The van der Waals surface area contributed by atoms with Gasteiger partial charge in [0, 0.05) is 49.8 Å². The molecule has 0 aromatic carbocycles. The first-order valence-corrected chi connectivity index (χ1v) is 11.2. The van der Waals surface area contributed by atoms with Gasteiger partial charge in [-0.3, -0.25) is 15.1 Å². The van der Waals surface area contributed by atoms with Crippen LogP contribution in [0, 0.1) is 6.92 Å². The lowest BCUT2D eigenvalue weighted by atomic mass is 10.1. The van der Waals surface area contributed by atoms with Crippen LogP contribution in [0.25, 0.3) is 16.9 Å². The minimum Gasteiger partial charge on any atom is -0.428 e. The quantitative estimate of drug-likeness (QED) is 0.376. The molecule has 0 bridgehead atoms. The van der Waals surface area contributed by atoms with Crippen molar-refractivity contribution in [2.24, 2.45) is 0 Å². The van der Waals surface area contributed by atoms with E-state index < -0.39 is 5.91 Å². The van der Waals surface area contributed by atoms with E-state index >= 15 is 0 Å². The third-order valence-electron chi connectivity index (χ3n) is 6.02. The van der Waals surface area contributed by atoms with Gasteiger partial charge in [0.25, 0.3) is 5.91 Å². The molecule has 1 fully saturated rings. The molecule has 1 saturated heterocycles. The maximum atomic E-state index is 12.6. The number of carbonyl (C=O) groups is 1. The summed E-state index contributed by atoms with van der Waals surface area (Å²) in [5.41, 5.74) is 9.20. The van der Waals surface area contributed by atoms with Crippen LogP contribution < -0.4 is 16.4 Å². The highest BCUT2D eigenvalue weighted by Gasteiger charge is 2.24. The van der Waals surface area contributed by atoms with Crippen LogP contribution in [0.3, 0.4) is 0 Å². The van der Waals surface area contributed by atoms with Crippen LogP contribution >= 0.6 is 0 Å². The number of pyridine rings is 1. The predicted molar refractivity (Wildman–Crippen MR) is 125 cm³/mol. The van der Waals surface area contributed by atoms with Crippen LogP contribution in [0.1, 0.15) is 35.3 Å². The summed E-state index contributed by atoms with van der Waals surface area (Å²) in [5.74, 6) is 0.682. The second kappa shape index (κ2) is 9.20. The lowest BCUT2D eigenvalue weighted by Crippen LogP contribution is -2.35. The molecule has 0 aliphatic carbocycles. The highest BCUT2D eigenvalue weighted by Crippen LogP contribution is 2.28. The second-order valence-electron chi connectivity index (χ2n) is 8.24. The molecule has 5 rings (SSSR count). The van der Waals surface area contributed by atoms with Crippen LogP contribution in [-0.2, 0) is 11.2 Å². The van der Waals surface area contributed by atoms with E-state index in [4.69, 9.17) is 14.9 Å². The van der Waals surface area contributed by atoms with Crippen molar-refractivity contribution in [1.82, 2.24) is 29.7 Å². The Morgan fingerprint density at radius 2 is 2.18 bits per heavy atom. The van der Waals surface area contributed by atoms with E-state index in [1.807, 2.05) is 29.7 Å². The zero-order valence-electron chi connectivity index (χ0n) is 19.0. The third kappa shape index (κ3) is 4.35. The van der Waals surface area contributed by atoms with Crippen molar-refractivity contribution in [2.45, 2.75) is 38.8 Å². The first-order chi connectivity index (χ1) is 16.5. The van der Waals surface area contributed by atoms with Crippen molar-refractivity contribution in [3.8, 4) is 11.3 Å². The molecule has 1 amide bonds. The first kappa shape index (κ1) is 22.0. The van der Waals surface area contributed by atoms with E-state index in [2.05, 4.69) is 37.5 Å². The largest absolute Gasteiger partial charge is 0.428 e. The van der Waals surface area contributed by atoms with Gasteiger partial charge in [0.2, 0.25) is 0 Å². The molecule has 34 heavy (non-hydrogen) atoms. The SMILES string of the molecule is Cc1c(N)nc2ccc(-c3nc(NC(=O)c4cnccn4)oc3CCNC3CCOC3C)cn12. The van der Waals surface area contributed by atoms with Gasteiger partial charge < -0.3 is 24.6 Å². The summed E-state index contributed by atoms with van der Waals surface area (Å²) in [5, 5.41) is 6.21. The van der Waals surface area contributed by atoms with Gasteiger partial charge in [-0.1, -0.05) is 0 Å². The molecule has 0 saturated carbocycles. The van der Waals surface area contributed by atoms with Crippen LogP contribution in [0.15, 0.2) is 41.3 Å². The average molecular weight is 463 g/mol. The highest BCUT2D eigenvalue weighted by atomic mass is 16.5. The molecule has 11 heteroatoms. The van der Waals surface area contributed by atoms with E-state index in [0.29, 0.717) is 36.3 Å². The molecule has 1 aliphatic rings. The van der Waals surface area contributed by atoms with Crippen LogP contribution in [-0.4, -0.2) is 55.5 Å². The van der Waals surface area contributed by atoms with Crippen molar-refractivity contribution < 1.29 is 13.9 Å². The molecule has 11 nitrogen and oxygen atoms in total. The lowest BCUT2D eigenvalue weighted by molar-refractivity contribution is 0.101. The van der Waals surface area contributed by atoms with Gasteiger partial charge >= 0.3 is 6.01 Å². The van der Waals surface area contributed by atoms with Gasteiger partial charge in [-0.25, -0.2) is 9.97 Å². The van der Waals surface area contributed by atoms with Crippen molar-refractivity contribution in [3.05, 3.63) is 54.1 Å². The smallest absolute Gasteiger partial charge is 0.302 e. The van der Waals surface area contributed by atoms with E-state index in [0.717, 1.165) is 29.9 Å². The summed E-state index contributed by atoms with van der Waals surface area (Å²) in [6.07, 6.45) is 7.99. The zero-order valence-corrected chi connectivity index (χ0v) is 19.0. The second-order valence-corrected chi connectivity index (χ2v) is 8.24. The third-order valence-corrected chi connectivity index (χ3v) is 6.02. The molecule has 1 aliphatic heterocycles. The number of nitrogens with two attached hydrogens (primary N) is 1. The van der Waals surface area contributed by atoms with Crippen LogP contribution in [0.2, 0.25) is 0 Å². The number of nitrogen functional groups attached to an aromatic ring is 1. The molecule has 2 atom stereocenters. The molecular weight excluding hydrogens is 436 g/mol. The molecule has 4 aromatic rings. The average Bonchev–Trinajstić information content (AvgIpc) is 3.52. The Morgan fingerprint density at radius 3 is 2.94 bits per heavy atom. The normalized spacial score (nSPS) is 17.9. The van der Waals surface area contributed by atoms with Crippen molar-refractivity contribution in [2.75, 3.05) is 24.2 Å². The summed E-state index contributed by atoms with van der Waals surface area (Å²) < 4.78 is 13.5. The Kier molecular flexibility index (Phi) is 5.95. The van der Waals surface area contributed by atoms with Gasteiger partial charge in [0.05, 0.1) is 18.0 Å². The van der Waals surface area contributed by atoms with Gasteiger partial charge in [-0.05, 0) is 32.4 Å². The van der Waals surface area contributed by atoms with Gasteiger partial charge in [-0.2, -0.15) is 4.98 Å². The van der Waals surface area contributed by atoms with Gasteiger partial charge in [-0.15, -0.1) is 0 Å². The minimum atomic E-state index is -0.448. The molecule has 176 valence electrons. The Labute approximate surface area is 195 Å². The number of nitrogens with zero attached hydrogens (tertiary/aromatic N) is 5. The Balaban J connectivity index is 1.43. The Morgan fingerprint density at radius 1 is 1.29 bits per heavy atom. The molecule has 5 heterocycles. The molecule has 0 radical (unpaired) electrons. The fourth-order valence-electron chi connectivity index (χ4n) is 4.07. The number of aromatic nitrogens is 5. The highest BCUT2D eigenvalue weighted by molar-refractivity contribution is 6.01. The Hall–Kier alpha value is -3.83. The number of carbonyl (C=O) groups excluding carboxylic acids is 1. The minimum absolute atomic E-state index is 0.0974. The fraction of sp³-hybridized carbons (Fsp3) is 0.348. The molecule has 4 aromatic heterocycles. The van der Waals surface area contributed by atoms with Gasteiger partial charge in [0.1, 0.15) is 28.6 Å². The van der Waals surface area contributed by atoms with Crippen molar-refractivity contribution in [3.63, 3.8) is 0 Å². The lowest BCUT2D eigenvalue weighted by Gasteiger charge is -2.15. The van der Waals surface area contributed by atoms with Crippen LogP contribution in [0.5, 0.6) is 0 Å².